The number of rotatable bonds is 2. The molecule has 1 aliphatic rings. The monoisotopic (exact) mass is 332 g/mol. The van der Waals surface area contributed by atoms with Crippen molar-refractivity contribution in [2.24, 2.45) is 7.05 Å². The van der Waals surface area contributed by atoms with Gasteiger partial charge in [-0.1, -0.05) is 12.1 Å². The first-order valence-electron chi connectivity index (χ1n) is 7.89. The molecule has 0 saturated carbocycles. The fourth-order valence-corrected chi connectivity index (χ4v) is 3.11. The molecule has 1 aliphatic heterocycles. The number of amides is 2. The van der Waals surface area contributed by atoms with Gasteiger partial charge in [-0.05, 0) is 26.0 Å². The molecule has 1 saturated heterocycles. The van der Waals surface area contributed by atoms with Gasteiger partial charge in [-0.25, -0.2) is 9.18 Å². The lowest BCUT2D eigenvalue weighted by molar-refractivity contribution is 0.0143. The van der Waals surface area contributed by atoms with Crippen LogP contribution < -0.4 is 5.32 Å². The van der Waals surface area contributed by atoms with Crippen molar-refractivity contribution in [1.29, 1.82) is 0 Å². The largest absolute Gasteiger partial charge is 0.377 e. The summed E-state index contributed by atoms with van der Waals surface area (Å²) in [6.45, 7) is 5.19. The van der Waals surface area contributed by atoms with Gasteiger partial charge in [-0.3, -0.25) is 4.68 Å². The maximum Gasteiger partial charge on any atom is 0.322 e. The van der Waals surface area contributed by atoms with Gasteiger partial charge in [0.05, 0.1) is 30.6 Å². The Labute approximate surface area is 140 Å². The van der Waals surface area contributed by atoms with Crippen LogP contribution in [0.2, 0.25) is 0 Å². The van der Waals surface area contributed by atoms with E-state index in [1.165, 1.54) is 6.07 Å². The lowest BCUT2D eigenvalue weighted by Crippen LogP contribution is -2.45. The number of morpholine rings is 1. The lowest BCUT2D eigenvalue weighted by atomic mass is 10.0. The molecular formula is C17H21FN4O2. The van der Waals surface area contributed by atoms with E-state index in [9.17, 15) is 9.18 Å². The van der Waals surface area contributed by atoms with Crippen molar-refractivity contribution in [3.8, 4) is 0 Å². The molecule has 2 aromatic rings. The first kappa shape index (κ1) is 16.4. The van der Waals surface area contributed by atoms with Crippen molar-refractivity contribution in [2.75, 3.05) is 25.1 Å². The molecule has 2 heterocycles. The van der Waals surface area contributed by atoms with Crippen molar-refractivity contribution in [3.63, 3.8) is 0 Å². The van der Waals surface area contributed by atoms with Gasteiger partial charge >= 0.3 is 6.03 Å². The molecule has 1 fully saturated rings. The fraction of sp³-hybridized carbons (Fsp3) is 0.412. The van der Waals surface area contributed by atoms with Crippen LogP contribution in [0.3, 0.4) is 0 Å². The van der Waals surface area contributed by atoms with E-state index < -0.39 is 5.82 Å². The third-order valence-electron chi connectivity index (χ3n) is 4.40. The first-order valence-corrected chi connectivity index (χ1v) is 7.89. The van der Waals surface area contributed by atoms with E-state index in [0.29, 0.717) is 19.8 Å². The summed E-state index contributed by atoms with van der Waals surface area (Å²) >= 11 is 0. The Bertz CT molecular complexity index is 759. The average molecular weight is 332 g/mol. The number of aryl methyl sites for hydroxylation is 2. The fourth-order valence-electron chi connectivity index (χ4n) is 3.11. The van der Waals surface area contributed by atoms with Gasteiger partial charge in [-0.2, -0.15) is 5.10 Å². The van der Waals surface area contributed by atoms with Crippen LogP contribution in [0.15, 0.2) is 24.3 Å². The summed E-state index contributed by atoms with van der Waals surface area (Å²) in [6, 6.07) is 5.57. The summed E-state index contributed by atoms with van der Waals surface area (Å²) < 4.78 is 21.2. The second-order valence-electron chi connectivity index (χ2n) is 5.90. The molecule has 128 valence electrons. The number of ether oxygens (including phenoxy) is 1. The molecule has 2 amide bonds. The number of benzene rings is 1. The maximum absolute atomic E-state index is 13.8. The summed E-state index contributed by atoms with van der Waals surface area (Å²) in [5, 5.41) is 7.08. The molecule has 1 aromatic heterocycles. The number of hydrogen-bond acceptors (Lipinski definition) is 3. The topological polar surface area (TPSA) is 59.4 Å². The molecule has 0 radical (unpaired) electrons. The second kappa shape index (κ2) is 6.60. The van der Waals surface area contributed by atoms with Gasteiger partial charge in [0, 0.05) is 24.8 Å². The van der Waals surface area contributed by atoms with Gasteiger partial charge in [-0.15, -0.1) is 0 Å². The third kappa shape index (κ3) is 2.99. The quantitative estimate of drug-likeness (QED) is 0.920. The highest BCUT2D eigenvalue weighted by Crippen LogP contribution is 2.30. The van der Waals surface area contributed by atoms with Crippen LogP contribution in [0, 0.1) is 19.7 Å². The van der Waals surface area contributed by atoms with Crippen molar-refractivity contribution in [2.45, 2.75) is 19.9 Å². The molecule has 1 unspecified atom stereocenters. The van der Waals surface area contributed by atoms with Crippen molar-refractivity contribution in [1.82, 2.24) is 14.7 Å². The minimum atomic E-state index is -0.454. The summed E-state index contributed by atoms with van der Waals surface area (Å²) in [6.07, 6.45) is 0. The minimum Gasteiger partial charge on any atom is -0.377 e. The van der Waals surface area contributed by atoms with Crippen LogP contribution in [0.5, 0.6) is 0 Å². The first-order chi connectivity index (χ1) is 11.5. The summed E-state index contributed by atoms with van der Waals surface area (Å²) in [5.74, 6) is -0.454. The smallest absolute Gasteiger partial charge is 0.322 e. The van der Waals surface area contributed by atoms with E-state index >= 15 is 0 Å². The number of carbonyl (C=O) groups is 1. The van der Waals surface area contributed by atoms with Crippen LogP contribution in [0.4, 0.5) is 14.9 Å². The zero-order chi connectivity index (χ0) is 17.3. The number of urea groups is 1. The van der Waals surface area contributed by atoms with Crippen LogP contribution in [-0.4, -0.2) is 40.5 Å². The number of halogens is 1. The van der Waals surface area contributed by atoms with E-state index in [-0.39, 0.29) is 17.8 Å². The Hall–Kier alpha value is -2.41. The van der Waals surface area contributed by atoms with Gasteiger partial charge in [0.25, 0.3) is 0 Å². The minimum absolute atomic E-state index is 0.173. The highest BCUT2D eigenvalue weighted by molar-refractivity contribution is 5.89. The zero-order valence-corrected chi connectivity index (χ0v) is 14.0. The molecule has 1 atom stereocenters. The number of hydrogen-bond donors (Lipinski definition) is 1. The van der Waals surface area contributed by atoms with Crippen molar-refractivity contribution >= 4 is 11.7 Å². The molecule has 1 aromatic carbocycles. The Kier molecular flexibility index (Phi) is 4.53. The molecule has 0 aliphatic carbocycles. The molecule has 0 bridgehead atoms. The molecule has 24 heavy (non-hydrogen) atoms. The van der Waals surface area contributed by atoms with Crippen LogP contribution in [0.1, 0.15) is 23.0 Å². The van der Waals surface area contributed by atoms with E-state index in [2.05, 4.69) is 10.4 Å². The number of nitrogens with one attached hydrogen (secondary N) is 1. The molecular weight excluding hydrogens is 311 g/mol. The van der Waals surface area contributed by atoms with Crippen molar-refractivity contribution in [3.05, 3.63) is 47.0 Å². The molecule has 0 spiro atoms. The van der Waals surface area contributed by atoms with E-state index in [1.54, 1.807) is 27.8 Å². The normalized spacial score (nSPS) is 17.8. The molecule has 6 nitrogen and oxygen atoms in total. The standard InChI is InChI=1S/C17H21FN4O2/c1-11-16(12(2)21(3)20-11)15-10-24-9-8-22(15)17(23)19-14-7-5-4-6-13(14)18/h4-7,15H,8-10H2,1-3H3,(H,19,23). The third-order valence-corrected chi connectivity index (χ3v) is 4.40. The number of carbonyl (C=O) groups excluding carboxylic acids is 1. The van der Waals surface area contributed by atoms with Crippen LogP contribution >= 0.6 is 0 Å². The Morgan fingerprint density at radius 3 is 2.79 bits per heavy atom. The van der Waals surface area contributed by atoms with Crippen LogP contribution in [0.25, 0.3) is 0 Å². The zero-order valence-electron chi connectivity index (χ0n) is 14.0. The average Bonchev–Trinajstić information content (AvgIpc) is 2.82. The van der Waals surface area contributed by atoms with Crippen molar-refractivity contribution < 1.29 is 13.9 Å². The summed E-state index contributed by atoms with van der Waals surface area (Å²) in [7, 11) is 1.87. The highest BCUT2D eigenvalue weighted by Gasteiger charge is 2.32. The van der Waals surface area contributed by atoms with Gasteiger partial charge in [0.2, 0.25) is 0 Å². The maximum atomic E-state index is 13.8. The predicted molar refractivity (Wildman–Crippen MR) is 88.4 cm³/mol. The van der Waals surface area contributed by atoms with Gasteiger partial charge in [0.15, 0.2) is 0 Å². The Morgan fingerprint density at radius 2 is 2.12 bits per heavy atom. The number of para-hydroxylation sites is 1. The van der Waals surface area contributed by atoms with Gasteiger partial charge < -0.3 is 15.0 Å². The van der Waals surface area contributed by atoms with E-state index in [0.717, 1.165) is 17.0 Å². The summed E-state index contributed by atoms with van der Waals surface area (Å²) in [5.41, 5.74) is 3.02. The highest BCUT2D eigenvalue weighted by atomic mass is 19.1. The number of anilines is 1. The van der Waals surface area contributed by atoms with E-state index in [4.69, 9.17) is 4.74 Å². The number of nitrogens with zero attached hydrogens (tertiary/aromatic N) is 3. The SMILES string of the molecule is Cc1nn(C)c(C)c1C1COCCN1C(=O)Nc1ccccc1F. The van der Waals surface area contributed by atoms with Crippen LogP contribution in [-0.2, 0) is 11.8 Å². The Morgan fingerprint density at radius 1 is 1.38 bits per heavy atom. The number of aromatic nitrogens is 2. The predicted octanol–water partition coefficient (Wildman–Crippen LogP) is 2.78. The van der Waals surface area contributed by atoms with E-state index in [1.807, 2.05) is 20.9 Å². The summed E-state index contributed by atoms with van der Waals surface area (Å²) in [4.78, 5) is 14.4. The van der Waals surface area contributed by atoms with Gasteiger partial charge in [0.1, 0.15) is 5.82 Å². The Balaban J connectivity index is 1.87. The lowest BCUT2D eigenvalue weighted by Gasteiger charge is -2.36. The molecule has 7 heteroatoms. The second-order valence-corrected chi connectivity index (χ2v) is 5.90. The molecule has 3 rings (SSSR count). The molecule has 1 N–H and O–H groups in total.